The van der Waals surface area contributed by atoms with Crippen LogP contribution in [0.3, 0.4) is 0 Å². The molecule has 1 rings (SSSR count). The predicted octanol–water partition coefficient (Wildman–Crippen LogP) is 2.16. The third-order valence-electron chi connectivity index (χ3n) is 2.23. The van der Waals surface area contributed by atoms with Crippen molar-refractivity contribution in [3.05, 3.63) is 35.1 Å². The average molecular weight is 262 g/mol. The number of hydrogen-bond acceptors (Lipinski definition) is 2. The molecule has 0 amide bonds. The van der Waals surface area contributed by atoms with Crippen LogP contribution in [0.15, 0.2) is 18.2 Å². The molecule has 0 saturated carbocycles. The number of thiocarbonyl (C=S) groups is 1. The number of hydrogen-bond donors (Lipinski definition) is 1. The highest BCUT2D eigenvalue weighted by Crippen LogP contribution is 2.13. The summed E-state index contributed by atoms with van der Waals surface area (Å²) >= 11 is 4.71. The van der Waals surface area contributed by atoms with Gasteiger partial charge < -0.3 is 5.73 Å². The Morgan fingerprint density at radius 1 is 1.47 bits per heavy atom. The van der Waals surface area contributed by atoms with Crippen molar-refractivity contribution < 1.29 is 13.2 Å². The van der Waals surface area contributed by atoms with Gasteiger partial charge in [-0.05, 0) is 13.1 Å². The van der Waals surface area contributed by atoms with Crippen molar-refractivity contribution in [3.8, 4) is 0 Å². The monoisotopic (exact) mass is 262 g/mol. The third kappa shape index (κ3) is 4.32. The summed E-state index contributed by atoms with van der Waals surface area (Å²) in [6.45, 7) is -0.274. The van der Waals surface area contributed by atoms with Crippen molar-refractivity contribution in [2.45, 2.75) is 13.0 Å². The van der Waals surface area contributed by atoms with Crippen LogP contribution in [-0.2, 0) is 6.54 Å². The second-order valence-corrected chi connectivity index (χ2v) is 4.20. The van der Waals surface area contributed by atoms with Gasteiger partial charge in [0.25, 0.3) is 6.43 Å². The fourth-order valence-corrected chi connectivity index (χ4v) is 1.55. The van der Waals surface area contributed by atoms with E-state index in [1.165, 1.54) is 24.1 Å². The molecule has 0 aliphatic rings. The second kappa shape index (κ2) is 5.97. The Morgan fingerprint density at radius 3 is 2.59 bits per heavy atom. The maximum atomic E-state index is 13.6. The number of halogens is 3. The minimum Gasteiger partial charge on any atom is -0.389 e. The molecule has 0 fully saturated rings. The zero-order valence-electron chi connectivity index (χ0n) is 9.29. The fraction of sp³-hybridized carbons (Fsp3) is 0.364. The summed E-state index contributed by atoms with van der Waals surface area (Å²) in [5.41, 5.74) is 6.12. The van der Waals surface area contributed by atoms with Crippen molar-refractivity contribution in [1.82, 2.24) is 4.90 Å². The maximum absolute atomic E-state index is 13.6. The highest BCUT2D eigenvalue weighted by molar-refractivity contribution is 7.80. The fourth-order valence-electron chi connectivity index (χ4n) is 1.42. The van der Waals surface area contributed by atoms with Crippen LogP contribution in [0.2, 0.25) is 0 Å². The largest absolute Gasteiger partial charge is 0.389 e. The van der Waals surface area contributed by atoms with Gasteiger partial charge in [0.2, 0.25) is 0 Å². The molecule has 0 heterocycles. The lowest BCUT2D eigenvalue weighted by Gasteiger charge is -2.16. The minimum absolute atomic E-state index is 0.108. The SMILES string of the molecule is CN(Cc1ccc(C(N)=S)cc1F)CC(F)F. The van der Waals surface area contributed by atoms with E-state index in [9.17, 15) is 13.2 Å². The number of rotatable bonds is 5. The van der Waals surface area contributed by atoms with E-state index in [1.54, 1.807) is 6.07 Å². The number of alkyl halides is 2. The van der Waals surface area contributed by atoms with E-state index >= 15 is 0 Å². The smallest absolute Gasteiger partial charge is 0.251 e. The van der Waals surface area contributed by atoms with E-state index in [-0.39, 0.29) is 11.5 Å². The van der Waals surface area contributed by atoms with Gasteiger partial charge in [0.05, 0.1) is 6.54 Å². The number of nitrogens with zero attached hydrogens (tertiary/aromatic N) is 1. The molecule has 0 aromatic heterocycles. The summed E-state index contributed by atoms with van der Waals surface area (Å²) in [7, 11) is 1.51. The molecule has 0 unspecified atom stereocenters. The molecule has 0 bridgehead atoms. The van der Waals surface area contributed by atoms with Crippen molar-refractivity contribution >= 4 is 17.2 Å². The summed E-state index contributed by atoms with van der Waals surface area (Å²) in [5.74, 6) is -0.489. The molecule has 0 saturated heterocycles. The van der Waals surface area contributed by atoms with Gasteiger partial charge in [-0.2, -0.15) is 0 Å². The second-order valence-electron chi connectivity index (χ2n) is 3.76. The van der Waals surface area contributed by atoms with Gasteiger partial charge in [0.15, 0.2) is 0 Å². The third-order valence-corrected chi connectivity index (χ3v) is 2.46. The van der Waals surface area contributed by atoms with Crippen LogP contribution in [0, 0.1) is 5.82 Å². The van der Waals surface area contributed by atoms with E-state index in [0.29, 0.717) is 11.1 Å². The zero-order chi connectivity index (χ0) is 13.0. The lowest BCUT2D eigenvalue weighted by atomic mass is 10.1. The van der Waals surface area contributed by atoms with E-state index in [1.807, 2.05) is 0 Å². The Balaban J connectivity index is 2.75. The van der Waals surface area contributed by atoms with Crippen LogP contribution in [-0.4, -0.2) is 29.9 Å². The first-order valence-corrected chi connectivity index (χ1v) is 5.36. The highest BCUT2D eigenvalue weighted by Gasteiger charge is 2.11. The van der Waals surface area contributed by atoms with Crippen LogP contribution in [0.25, 0.3) is 0 Å². The van der Waals surface area contributed by atoms with Crippen LogP contribution >= 0.6 is 12.2 Å². The van der Waals surface area contributed by atoms with Gasteiger partial charge in [-0.3, -0.25) is 4.90 Å². The first-order valence-electron chi connectivity index (χ1n) is 4.95. The molecule has 0 aliphatic carbocycles. The molecule has 1 aromatic carbocycles. The van der Waals surface area contributed by atoms with Crippen LogP contribution in [0.4, 0.5) is 13.2 Å². The zero-order valence-corrected chi connectivity index (χ0v) is 10.1. The molecule has 6 heteroatoms. The molecular formula is C11H13F3N2S. The summed E-state index contributed by atoms with van der Waals surface area (Å²) in [5, 5.41) is 0. The summed E-state index contributed by atoms with van der Waals surface area (Å²) < 4.78 is 37.8. The van der Waals surface area contributed by atoms with Crippen molar-refractivity contribution in [1.29, 1.82) is 0 Å². The van der Waals surface area contributed by atoms with Gasteiger partial charge in [-0.1, -0.05) is 24.4 Å². The molecule has 0 aliphatic heterocycles. The maximum Gasteiger partial charge on any atom is 0.251 e. The molecule has 0 spiro atoms. The highest BCUT2D eigenvalue weighted by atomic mass is 32.1. The van der Waals surface area contributed by atoms with E-state index in [4.69, 9.17) is 18.0 Å². The number of nitrogens with two attached hydrogens (primary N) is 1. The molecule has 1 aromatic rings. The first kappa shape index (κ1) is 13.9. The summed E-state index contributed by atoms with van der Waals surface area (Å²) in [6.07, 6.45) is -2.43. The molecule has 17 heavy (non-hydrogen) atoms. The lowest BCUT2D eigenvalue weighted by molar-refractivity contribution is 0.0971. The first-order chi connectivity index (χ1) is 7.90. The molecule has 94 valence electrons. The Morgan fingerprint density at radius 2 is 2.12 bits per heavy atom. The van der Waals surface area contributed by atoms with Gasteiger partial charge in [-0.15, -0.1) is 0 Å². The van der Waals surface area contributed by atoms with Gasteiger partial charge in [0.1, 0.15) is 10.8 Å². The van der Waals surface area contributed by atoms with E-state index in [2.05, 4.69) is 0 Å². The van der Waals surface area contributed by atoms with E-state index in [0.717, 1.165) is 0 Å². The Hall–Kier alpha value is -1.14. The molecule has 0 radical (unpaired) electrons. The normalized spacial score (nSPS) is 11.2. The van der Waals surface area contributed by atoms with Gasteiger partial charge in [-0.25, -0.2) is 13.2 Å². The standard InChI is InChI=1S/C11H13F3N2S/c1-16(6-10(13)14)5-8-3-2-7(11(15)17)4-9(8)12/h2-4,10H,5-6H2,1H3,(H2,15,17). The molecule has 0 atom stereocenters. The summed E-state index contributed by atoms with van der Waals surface area (Å²) in [6, 6.07) is 4.30. The summed E-state index contributed by atoms with van der Waals surface area (Å²) in [4.78, 5) is 1.46. The van der Waals surface area contributed by atoms with Crippen molar-refractivity contribution in [3.63, 3.8) is 0 Å². The van der Waals surface area contributed by atoms with Crippen LogP contribution in [0.1, 0.15) is 11.1 Å². The molecular weight excluding hydrogens is 249 g/mol. The van der Waals surface area contributed by atoms with Gasteiger partial charge >= 0.3 is 0 Å². The quantitative estimate of drug-likeness (QED) is 0.825. The van der Waals surface area contributed by atoms with Crippen LogP contribution < -0.4 is 5.73 Å². The average Bonchev–Trinajstić information content (AvgIpc) is 2.19. The minimum atomic E-state index is -2.43. The van der Waals surface area contributed by atoms with Crippen molar-refractivity contribution in [2.75, 3.05) is 13.6 Å². The predicted molar refractivity (Wildman–Crippen MR) is 64.6 cm³/mol. The van der Waals surface area contributed by atoms with Gasteiger partial charge in [0, 0.05) is 17.7 Å². The van der Waals surface area contributed by atoms with E-state index < -0.39 is 18.8 Å². The number of benzene rings is 1. The Bertz CT molecular complexity index is 410. The topological polar surface area (TPSA) is 29.3 Å². The lowest BCUT2D eigenvalue weighted by Crippen LogP contribution is -2.24. The van der Waals surface area contributed by atoms with Crippen molar-refractivity contribution in [2.24, 2.45) is 5.73 Å². The molecule has 2 N–H and O–H groups in total. The Labute approximate surface area is 103 Å². The van der Waals surface area contributed by atoms with Crippen LogP contribution in [0.5, 0.6) is 0 Å². The molecule has 2 nitrogen and oxygen atoms in total. The Kier molecular flexibility index (Phi) is 4.89.